The Balaban J connectivity index is 2.38. The van der Waals surface area contributed by atoms with Crippen LogP contribution in [0.1, 0.15) is 63.8 Å². The van der Waals surface area contributed by atoms with Crippen LogP contribution in [0.2, 0.25) is 0 Å². The molecule has 0 bridgehead atoms. The van der Waals surface area contributed by atoms with E-state index in [1.54, 1.807) is 18.3 Å². The normalized spacial score (nSPS) is 13.8. The van der Waals surface area contributed by atoms with Crippen molar-refractivity contribution in [1.29, 1.82) is 0 Å². The maximum absolute atomic E-state index is 10.8. The minimum atomic E-state index is -0.319. The molecule has 4 nitrogen and oxygen atoms in total. The smallest absolute Gasteiger partial charge is 0.128 e. The van der Waals surface area contributed by atoms with E-state index in [4.69, 9.17) is 0 Å². The molecule has 0 spiro atoms. The second-order valence-corrected chi connectivity index (χ2v) is 9.45. The van der Waals surface area contributed by atoms with Crippen molar-refractivity contribution in [2.24, 2.45) is 4.99 Å². The second kappa shape index (κ2) is 8.36. The van der Waals surface area contributed by atoms with E-state index in [0.717, 1.165) is 16.7 Å². The van der Waals surface area contributed by atoms with Gasteiger partial charge in [-0.05, 0) is 46.6 Å². The fourth-order valence-electron chi connectivity index (χ4n) is 3.01. The second-order valence-electron chi connectivity index (χ2n) is 9.45. The predicted octanol–water partition coefficient (Wildman–Crippen LogP) is 4.72. The van der Waals surface area contributed by atoms with Gasteiger partial charge in [-0.15, -0.1) is 0 Å². The van der Waals surface area contributed by atoms with Crippen molar-refractivity contribution >= 4 is 6.21 Å². The van der Waals surface area contributed by atoms with E-state index >= 15 is 0 Å². The minimum Gasteiger partial charge on any atom is -0.508 e. The molecule has 0 aliphatic rings. The summed E-state index contributed by atoms with van der Waals surface area (Å²) >= 11 is 0. The van der Waals surface area contributed by atoms with E-state index in [-0.39, 0.29) is 35.0 Å². The van der Waals surface area contributed by atoms with E-state index in [1.807, 2.05) is 18.2 Å². The molecular formula is C24H33NO3. The molecule has 2 aromatic carbocycles. The van der Waals surface area contributed by atoms with E-state index in [2.05, 4.69) is 52.6 Å². The van der Waals surface area contributed by atoms with Gasteiger partial charge in [-0.2, -0.15) is 0 Å². The molecule has 28 heavy (non-hydrogen) atoms. The Morgan fingerprint density at radius 3 is 2.04 bits per heavy atom. The Bertz CT molecular complexity index is 825. The standard InChI is InChI=1S/C24H33NO3/c1-23(2,3)18-12-17(22(28)21(13-18)24(4,5)6)14-25-19(15-26)11-16-7-9-20(27)10-8-16/h7-10,12-14,19,26-28H,11,15H2,1-6H3/t19-/m0/s1. The van der Waals surface area contributed by atoms with Crippen LogP contribution in [0.4, 0.5) is 0 Å². The van der Waals surface area contributed by atoms with Gasteiger partial charge in [0.1, 0.15) is 11.5 Å². The molecule has 0 saturated heterocycles. The number of hydrogen-bond acceptors (Lipinski definition) is 4. The lowest BCUT2D eigenvalue weighted by Gasteiger charge is -2.27. The topological polar surface area (TPSA) is 73.1 Å². The van der Waals surface area contributed by atoms with Crippen LogP contribution in [0.3, 0.4) is 0 Å². The van der Waals surface area contributed by atoms with Crippen molar-refractivity contribution in [2.45, 2.75) is 64.8 Å². The lowest BCUT2D eigenvalue weighted by atomic mass is 9.79. The summed E-state index contributed by atoms with van der Waals surface area (Å²) in [7, 11) is 0. The first-order valence-electron chi connectivity index (χ1n) is 9.71. The minimum absolute atomic E-state index is 0.0568. The summed E-state index contributed by atoms with van der Waals surface area (Å²) in [6, 6.07) is 10.6. The van der Waals surface area contributed by atoms with Crippen LogP contribution >= 0.6 is 0 Å². The average molecular weight is 384 g/mol. The highest BCUT2D eigenvalue weighted by Gasteiger charge is 2.24. The molecule has 0 fully saturated rings. The number of rotatable bonds is 5. The molecule has 3 N–H and O–H groups in total. The Hall–Kier alpha value is -2.33. The first-order chi connectivity index (χ1) is 12.9. The van der Waals surface area contributed by atoms with Gasteiger partial charge in [-0.25, -0.2) is 0 Å². The summed E-state index contributed by atoms with van der Waals surface area (Å²) in [6.45, 7) is 12.6. The number of hydrogen-bond donors (Lipinski definition) is 3. The van der Waals surface area contributed by atoms with Crippen LogP contribution < -0.4 is 0 Å². The average Bonchev–Trinajstić information content (AvgIpc) is 2.59. The van der Waals surface area contributed by atoms with Gasteiger partial charge in [0.15, 0.2) is 0 Å². The van der Waals surface area contributed by atoms with Gasteiger partial charge in [0.25, 0.3) is 0 Å². The summed E-state index contributed by atoms with van der Waals surface area (Å²) in [6.07, 6.45) is 2.22. The van der Waals surface area contributed by atoms with Gasteiger partial charge < -0.3 is 15.3 Å². The molecule has 0 unspecified atom stereocenters. The third kappa shape index (κ3) is 5.59. The third-order valence-corrected chi connectivity index (χ3v) is 4.86. The summed E-state index contributed by atoms with van der Waals surface area (Å²) in [5.41, 5.74) is 3.42. The lowest BCUT2D eigenvalue weighted by Crippen LogP contribution is -2.18. The Morgan fingerprint density at radius 1 is 0.929 bits per heavy atom. The first kappa shape index (κ1) is 22.0. The number of phenolic OH excluding ortho intramolecular Hbond substituents is 2. The monoisotopic (exact) mass is 383 g/mol. The number of aliphatic hydroxyl groups is 1. The van der Waals surface area contributed by atoms with Crippen LogP contribution in [0.15, 0.2) is 41.4 Å². The van der Waals surface area contributed by atoms with Crippen LogP contribution in [0, 0.1) is 0 Å². The van der Waals surface area contributed by atoms with Gasteiger partial charge in [-0.3, -0.25) is 4.99 Å². The Labute approximate surface area is 168 Å². The maximum atomic E-state index is 10.8. The van der Waals surface area contributed by atoms with Gasteiger partial charge in [0.2, 0.25) is 0 Å². The molecule has 2 rings (SSSR count). The zero-order chi connectivity index (χ0) is 21.1. The van der Waals surface area contributed by atoms with E-state index in [1.165, 1.54) is 0 Å². The first-order valence-corrected chi connectivity index (χ1v) is 9.71. The van der Waals surface area contributed by atoms with E-state index in [9.17, 15) is 15.3 Å². The number of aromatic hydroxyl groups is 2. The number of benzene rings is 2. The van der Waals surface area contributed by atoms with Crippen molar-refractivity contribution in [3.8, 4) is 11.5 Å². The fraction of sp³-hybridized carbons (Fsp3) is 0.458. The van der Waals surface area contributed by atoms with E-state index in [0.29, 0.717) is 12.0 Å². The highest BCUT2D eigenvalue weighted by atomic mass is 16.3. The van der Waals surface area contributed by atoms with Gasteiger partial charge in [-0.1, -0.05) is 59.7 Å². The largest absolute Gasteiger partial charge is 0.508 e. The summed E-state index contributed by atoms with van der Waals surface area (Å²) < 4.78 is 0. The molecular weight excluding hydrogens is 350 g/mol. The van der Waals surface area contributed by atoms with Crippen molar-refractivity contribution in [1.82, 2.24) is 0 Å². The van der Waals surface area contributed by atoms with Crippen molar-refractivity contribution < 1.29 is 15.3 Å². The van der Waals surface area contributed by atoms with Gasteiger partial charge in [0.05, 0.1) is 12.6 Å². The summed E-state index contributed by atoms with van der Waals surface area (Å²) in [4.78, 5) is 4.54. The molecule has 0 aromatic heterocycles. The predicted molar refractivity (Wildman–Crippen MR) is 116 cm³/mol. The SMILES string of the molecule is CC(C)(C)c1cc(C=N[C@H](CO)Cc2ccc(O)cc2)c(O)c(C(C)(C)C)c1. The molecule has 0 heterocycles. The van der Waals surface area contributed by atoms with Crippen LogP contribution in [-0.2, 0) is 17.3 Å². The van der Waals surface area contributed by atoms with Crippen molar-refractivity contribution in [3.05, 3.63) is 58.7 Å². The number of aliphatic imine (C=N–C) groups is 1. The Morgan fingerprint density at radius 2 is 1.54 bits per heavy atom. The molecule has 0 amide bonds. The molecule has 152 valence electrons. The number of phenols is 2. The van der Waals surface area contributed by atoms with Crippen molar-refractivity contribution in [3.63, 3.8) is 0 Å². The van der Waals surface area contributed by atoms with Crippen LogP contribution in [0.5, 0.6) is 11.5 Å². The number of nitrogens with zero attached hydrogens (tertiary/aromatic N) is 1. The van der Waals surface area contributed by atoms with Crippen LogP contribution in [0.25, 0.3) is 0 Å². The highest BCUT2D eigenvalue weighted by Crippen LogP contribution is 2.37. The maximum Gasteiger partial charge on any atom is 0.128 e. The third-order valence-electron chi connectivity index (χ3n) is 4.86. The van der Waals surface area contributed by atoms with Crippen molar-refractivity contribution in [2.75, 3.05) is 6.61 Å². The number of aliphatic hydroxyl groups excluding tert-OH is 1. The molecule has 0 radical (unpaired) electrons. The highest BCUT2D eigenvalue weighted by molar-refractivity contribution is 5.85. The van der Waals surface area contributed by atoms with Crippen LogP contribution in [-0.4, -0.2) is 34.2 Å². The molecule has 0 aliphatic carbocycles. The van der Waals surface area contributed by atoms with E-state index < -0.39 is 0 Å². The van der Waals surface area contributed by atoms with Gasteiger partial charge >= 0.3 is 0 Å². The fourth-order valence-corrected chi connectivity index (χ4v) is 3.01. The quantitative estimate of drug-likeness (QED) is 0.654. The zero-order valence-corrected chi connectivity index (χ0v) is 17.8. The lowest BCUT2D eigenvalue weighted by molar-refractivity contribution is 0.266. The molecule has 1 atom stereocenters. The molecule has 2 aromatic rings. The summed E-state index contributed by atoms with van der Waals surface area (Å²) in [5, 5.41) is 30.0. The molecule has 0 aliphatic heterocycles. The zero-order valence-electron chi connectivity index (χ0n) is 17.8. The van der Waals surface area contributed by atoms with Gasteiger partial charge in [0, 0.05) is 17.3 Å². The molecule has 0 saturated carbocycles. The Kier molecular flexibility index (Phi) is 6.56. The molecule has 4 heteroatoms. The summed E-state index contributed by atoms with van der Waals surface area (Å²) in [5.74, 6) is 0.456.